The van der Waals surface area contributed by atoms with Crippen LogP contribution in [0.25, 0.3) is 21.5 Å². The number of pyridine rings is 1. The average Bonchev–Trinajstić information content (AvgIpc) is 3.23. The summed E-state index contributed by atoms with van der Waals surface area (Å²) in [5.74, 6) is 0.637. The fraction of sp³-hybridized carbons (Fsp3) is 0.350. The Labute approximate surface area is 162 Å². The van der Waals surface area contributed by atoms with Crippen molar-refractivity contribution in [3.63, 3.8) is 0 Å². The van der Waals surface area contributed by atoms with Crippen molar-refractivity contribution in [2.45, 2.75) is 48.7 Å². The summed E-state index contributed by atoms with van der Waals surface area (Å²) in [6.45, 7) is 0. The molecule has 1 aliphatic heterocycles. The molecule has 0 spiro atoms. The molecule has 26 heavy (non-hydrogen) atoms. The predicted octanol–water partition coefficient (Wildman–Crippen LogP) is 5.04. The third-order valence-corrected chi connectivity index (χ3v) is 8.67. The van der Waals surface area contributed by atoms with Crippen molar-refractivity contribution in [1.29, 1.82) is 0 Å². The Balaban J connectivity index is 0.00000150. The molecule has 0 unspecified atom stereocenters. The molecular formula is C20H18ClNO2S2. The summed E-state index contributed by atoms with van der Waals surface area (Å²) in [6.07, 6.45) is 5.86. The minimum Gasteiger partial charge on any atom is -0.237 e. The summed E-state index contributed by atoms with van der Waals surface area (Å²) in [4.78, 5) is 8.05. The van der Waals surface area contributed by atoms with Gasteiger partial charge in [-0.2, -0.15) is 0 Å². The van der Waals surface area contributed by atoms with Gasteiger partial charge in [-0.15, -0.1) is 23.7 Å². The predicted molar refractivity (Wildman–Crippen MR) is 107 cm³/mol. The molecule has 1 aromatic carbocycles. The van der Waals surface area contributed by atoms with Gasteiger partial charge >= 0.3 is 0 Å². The van der Waals surface area contributed by atoms with Crippen molar-refractivity contribution in [3.8, 4) is 11.3 Å². The highest BCUT2D eigenvalue weighted by Gasteiger charge is 2.38. The van der Waals surface area contributed by atoms with E-state index >= 15 is 0 Å². The monoisotopic (exact) mass is 403 g/mol. The summed E-state index contributed by atoms with van der Waals surface area (Å²) >= 11 is 1.83. The van der Waals surface area contributed by atoms with Crippen molar-refractivity contribution in [2.75, 3.05) is 0 Å². The lowest BCUT2D eigenvalue weighted by molar-refractivity contribution is 0.594. The van der Waals surface area contributed by atoms with Crippen LogP contribution >= 0.6 is 23.7 Å². The topological polar surface area (TPSA) is 47.0 Å². The number of benzene rings is 1. The van der Waals surface area contributed by atoms with Gasteiger partial charge in [0.25, 0.3) is 0 Å². The number of rotatable bonds is 1. The molecule has 1 saturated carbocycles. The second-order valence-corrected chi connectivity index (χ2v) is 10.5. The SMILES string of the molecule is Cl.O=S1(=O)Cc2c(nc3sc4c(c3c2C2CC2)CCC4)-c2ccccc21. The third kappa shape index (κ3) is 2.17. The lowest BCUT2D eigenvalue weighted by atomic mass is 9.94. The molecule has 6 heteroatoms. The largest absolute Gasteiger partial charge is 0.237 e. The van der Waals surface area contributed by atoms with E-state index in [1.165, 1.54) is 40.7 Å². The van der Waals surface area contributed by atoms with Gasteiger partial charge in [-0.25, -0.2) is 13.4 Å². The maximum absolute atomic E-state index is 12.9. The number of aromatic nitrogens is 1. The molecule has 134 valence electrons. The number of hydrogen-bond donors (Lipinski definition) is 0. The van der Waals surface area contributed by atoms with E-state index in [2.05, 4.69) is 0 Å². The summed E-state index contributed by atoms with van der Waals surface area (Å²) in [5.41, 5.74) is 5.48. The van der Waals surface area contributed by atoms with Crippen LogP contribution in [0, 0.1) is 0 Å². The lowest BCUT2D eigenvalue weighted by Gasteiger charge is -2.23. The second-order valence-electron chi connectivity index (χ2n) is 7.42. The number of thiophene rings is 1. The molecule has 3 aromatic rings. The van der Waals surface area contributed by atoms with Gasteiger partial charge in [0.15, 0.2) is 9.84 Å². The molecule has 2 aliphatic carbocycles. The first-order valence-electron chi connectivity index (χ1n) is 8.92. The fourth-order valence-electron chi connectivity index (χ4n) is 4.59. The molecule has 0 radical (unpaired) electrons. The van der Waals surface area contributed by atoms with E-state index in [4.69, 9.17) is 4.98 Å². The van der Waals surface area contributed by atoms with Gasteiger partial charge in [0.2, 0.25) is 0 Å². The standard InChI is InChI=1S/C20H17NO2S2.ClH/c22-25(23)10-14-17(11-8-9-11)18-12-5-3-6-15(12)24-20(18)21-19(14)13-4-1-2-7-16(13)25;/h1-2,4,7,11H,3,5-6,8-10H2;1H. The number of fused-ring (bicyclic) bond motifs is 6. The number of halogens is 1. The van der Waals surface area contributed by atoms with Crippen molar-refractivity contribution in [3.05, 3.63) is 45.8 Å². The van der Waals surface area contributed by atoms with E-state index in [-0.39, 0.29) is 18.2 Å². The fourth-order valence-corrected chi connectivity index (χ4v) is 7.48. The van der Waals surface area contributed by atoms with Crippen molar-refractivity contribution < 1.29 is 8.42 Å². The molecule has 0 saturated heterocycles. The van der Waals surface area contributed by atoms with E-state index in [1.54, 1.807) is 12.1 Å². The second kappa shape index (κ2) is 5.54. The molecule has 0 atom stereocenters. The van der Waals surface area contributed by atoms with E-state index < -0.39 is 9.84 Å². The molecule has 1 fully saturated rings. The maximum atomic E-state index is 12.9. The highest BCUT2D eigenvalue weighted by molar-refractivity contribution is 7.90. The number of hydrogen-bond acceptors (Lipinski definition) is 4. The van der Waals surface area contributed by atoms with Gasteiger partial charge < -0.3 is 0 Å². The van der Waals surface area contributed by atoms with Crippen LogP contribution in [0.15, 0.2) is 29.2 Å². The van der Waals surface area contributed by atoms with E-state index in [9.17, 15) is 8.42 Å². The molecule has 3 heterocycles. The summed E-state index contributed by atoms with van der Waals surface area (Å²) in [6, 6.07) is 7.37. The van der Waals surface area contributed by atoms with Crippen molar-refractivity contribution in [1.82, 2.24) is 4.98 Å². The minimum absolute atomic E-state index is 0. The number of aryl methyl sites for hydroxylation is 2. The first kappa shape index (κ1) is 16.7. The average molecular weight is 404 g/mol. The first-order chi connectivity index (χ1) is 12.1. The highest BCUT2D eigenvalue weighted by atomic mass is 35.5. The molecular weight excluding hydrogens is 386 g/mol. The normalized spacial score (nSPS) is 19.5. The van der Waals surface area contributed by atoms with E-state index in [1.807, 2.05) is 23.5 Å². The smallest absolute Gasteiger partial charge is 0.183 e. The molecule has 0 amide bonds. The van der Waals surface area contributed by atoms with Crippen LogP contribution in [0.5, 0.6) is 0 Å². The van der Waals surface area contributed by atoms with Gasteiger partial charge in [0.05, 0.1) is 16.3 Å². The quantitative estimate of drug-likeness (QED) is 0.571. The van der Waals surface area contributed by atoms with Crippen LogP contribution in [0.3, 0.4) is 0 Å². The summed E-state index contributed by atoms with van der Waals surface area (Å²) in [5, 5.41) is 1.31. The van der Waals surface area contributed by atoms with Crippen LogP contribution < -0.4 is 0 Å². The summed E-state index contributed by atoms with van der Waals surface area (Å²) in [7, 11) is -3.29. The first-order valence-corrected chi connectivity index (χ1v) is 11.4. The molecule has 0 bridgehead atoms. The van der Waals surface area contributed by atoms with E-state index in [0.29, 0.717) is 10.8 Å². The Bertz CT molecular complexity index is 1180. The molecule has 0 N–H and O–H groups in total. The van der Waals surface area contributed by atoms with Crippen LogP contribution in [0.4, 0.5) is 0 Å². The van der Waals surface area contributed by atoms with Crippen molar-refractivity contribution >= 4 is 43.8 Å². The zero-order valence-corrected chi connectivity index (χ0v) is 16.6. The van der Waals surface area contributed by atoms with Gasteiger partial charge in [-0.05, 0) is 60.8 Å². The summed E-state index contributed by atoms with van der Waals surface area (Å²) < 4.78 is 25.8. The zero-order valence-electron chi connectivity index (χ0n) is 14.1. The highest BCUT2D eigenvalue weighted by Crippen LogP contribution is 2.52. The van der Waals surface area contributed by atoms with Gasteiger partial charge in [-0.1, -0.05) is 18.2 Å². The molecule has 3 nitrogen and oxygen atoms in total. The number of sulfone groups is 1. The van der Waals surface area contributed by atoms with E-state index in [0.717, 1.165) is 34.5 Å². The van der Waals surface area contributed by atoms with Gasteiger partial charge in [0, 0.05) is 15.8 Å². The maximum Gasteiger partial charge on any atom is 0.183 e. The van der Waals surface area contributed by atoms with Crippen LogP contribution in [0.1, 0.15) is 46.7 Å². The molecule has 2 aromatic heterocycles. The Morgan fingerprint density at radius 3 is 2.69 bits per heavy atom. The van der Waals surface area contributed by atoms with Crippen LogP contribution in [-0.2, 0) is 28.4 Å². The van der Waals surface area contributed by atoms with Crippen LogP contribution in [0.2, 0.25) is 0 Å². The Hall–Kier alpha value is -1.43. The minimum atomic E-state index is -3.29. The van der Waals surface area contributed by atoms with Gasteiger partial charge in [0.1, 0.15) is 4.83 Å². The Morgan fingerprint density at radius 2 is 1.88 bits per heavy atom. The number of nitrogens with zero attached hydrogens (tertiary/aromatic N) is 1. The van der Waals surface area contributed by atoms with Gasteiger partial charge in [-0.3, -0.25) is 0 Å². The molecule has 6 rings (SSSR count). The Kier molecular flexibility index (Phi) is 3.56. The van der Waals surface area contributed by atoms with Crippen molar-refractivity contribution in [2.24, 2.45) is 0 Å². The lowest BCUT2D eigenvalue weighted by Crippen LogP contribution is -2.16. The van der Waals surface area contributed by atoms with Crippen LogP contribution in [-0.4, -0.2) is 13.4 Å². The zero-order chi connectivity index (χ0) is 16.8. The Morgan fingerprint density at radius 1 is 1.08 bits per heavy atom. The molecule has 3 aliphatic rings. The third-order valence-electron chi connectivity index (χ3n) is 5.79.